The lowest BCUT2D eigenvalue weighted by Gasteiger charge is -2.18. The van der Waals surface area contributed by atoms with Crippen molar-refractivity contribution in [1.82, 2.24) is 25.1 Å². The van der Waals surface area contributed by atoms with Gasteiger partial charge < -0.3 is 5.32 Å². The summed E-state index contributed by atoms with van der Waals surface area (Å²) in [4.78, 5) is 21.4. The van der Waals surface area contributed by atoms with Crippen LogP contribution >= 0.6 is 0 Å². The highest BCUT2D eigenvalue weighted by Gasteiger charge is 2.19. The van der Waals surface area contributed by atoms with Gasteiger partial charge >= 0.3 is 0 Å². The molecule has 1 atom stereocenters. The van der Waals surface area contributed by atoms with Gasteiger partial charge in [0.05, 0.1) is 35.2 Å². The highest BCUT2D eigenvalue weighted by molar-refractivity contribution is 6.06. The van der Waals surface area contributed by atoms with Crippen molar-refractivity contribution in [3.8, 4) is 5.69 Å². The Morgan fingerprint density at radius 1 is 1.10 bits per heavy atom. The highest BCUT2D eigenvalue weighted by atomic mass is 19.1. The summed E-state index contributed by atoms with van der Waals surface area (Å²) in [6, 6.07) is 9.69. The minimum Gasteiger partial charge on any atom is -0.345 e. The van der Waals surface area contributed by atoms with Gasteiger partial charge in [-0.15, -0.1) is 0 Å². The van der Waals surface area contributed by atoms with Crippen LogP contribution < -0.4 is 5.32 Å². The average Bonchev–Trinajstić information content (AvgIpc) is 3.19. The number of rotatable bonds is 6. The molecule has 0 saturated heterocycles. The summed E-state index contributed by atoms with van der Waals surface area (Å²) >= 11 is 0. The van der Waals surface area contributed by atoms with Crippen LogP contribution in [0.25, 0.3) is 16.6 Å². The van der Waals surface area contributed by atoms with E-state index in [1.807, 2.05) is 12.1 Å². The van der Waals surface area contributed by atoms with E-state index in [0.717, 1.165) is 18.4 Å². The molecule has 0 bridgehead atoms. The Hall–Kier alpha value is -3.61. The molecular formula is C22H20FN5O. The summed E-state index contributed by atoms with van der Waals surface area (Å²) in [5.74, 6) is -0.537. The first kappa shape index (κ1) is 18.7. The van der Waals surface area contributed by atoms with E-state index in [1.54, 1.807) is 47.8 Å². The second-order valence-corrected chi connectivity index (χ2v) is 6.75. The minimum absolute atomic E-state index is 0.136. The molecule has 29 heavy (non-hydrogen) atoms. The highest BCUT2D eigenvalue weighted by Crippen LogP contribution is 2.23. The van der Waals surface area contributed by atoms with Gasteiger partial charge in [0, 0.05) is 24.0 Å². The number of benzene rings is 1. The summed E-state index contributed by atoms with van der Waals surface area (Å²) in [5.41, 5.74) is 2.78. The normalized spacial score (nSPS) is 12.1. The van der Waals surface area contributed by atoms with E-state index in [-0.39, 0.29) is 17.8 Å². The molecule has 4 rings (SSSR count). The number of nitrogens with one attached hydrogen (secondary N) is 1. The molecule has 1 N–H and O–H groups in total. The van der Waals surface area contributed by atoms with E-state index in [2.05, 4.69) is 27.3 Å². The third kappa shape index (κ3) is 3.85. The Bertz CT molecular complexity index is 1130. The Morgan fingerprint density at radius 3 is 2.66 bits per heavy atom. The molecule has 6 nitrogen and oxygen atoms in total. The van der Waals surface area contributed by atoms with E-state index in [0.29, 0.717) is 22.2 Å². The second kappa shape index (κ2) is 8.18. The van der Waals surface area contributed by atoms with Gasteiger partial charge in [-0.2, -0.15) is 5.10 Å². The van der Waals surface area contributed by atoms with Gasteiger partial charge in [-0.25, -0.2) is 9.07 Å². The number of nitrogens with zero attached hydrogens (tertiary/aromatic N) is 4. The van der Waals surface area contributed by atoms with E-state index in [1.165, 1.54) is 12.1 Å². The first-order chi connectivity index (χ1) is 14.2. The maximum atomic E-state index is 13.2. The van der Waals surface area contributed by atoms with Gasteiger partial charge in [0.2, 0.25) is 0 Å². The van der Waals surface area contributed by atoms with Gasteiger partial charge in [0.1, 0.15) is 5.82 Å². The number of hydrogen-bond acceptors (Lipinski definition) is 4. The topological polar surface area (TPSA) is 72.7 Å². The molecule has 7 heteroatoms. The summed E-state index contributed by atoms with van der Waals surface area (Å²) in [5, 5.41) is 8.15. The molecule has 0 fully saturated rings. The zero-order valence-electron chi connectivity index (χ0n) is 15.9. The molecule has 0 unspecified atom stereocenters. The maximum absolute atomic E-state index is 13.2. The van der Waals surface area contributed by atoms with Crippen molar-refractivity contribution in [2.75, 3.05) is 0 Å². The van der Waals surface area contributed by atoms with Gasteiger partial charge in [0.15, 0.2) is 0 Å². The number of fused-ring (bicyclic) bond motifs is 1. The molecule has 0 radical (unpaired) electrons. The SMILES string of the molecule is CCC[C@H](NC(=O)c1cncc2c1cnn2-c1ccc(F)cc1)c1cccnc1. The van der Waals surface area contributed by atoms with Crippen LogP contribution in [0.15, 0.2) is 67.4 Å². The number of hydrogen-bond donors (Lipinski definition) is 1. The third-order valence-electron chi connectivity index (χ3n) is 4.78. The predicted molar refractivity (Wildman–Crippen MR) is 108 cm³/mol. The van der Waals surface area contributed by atoms with Crippen molar-refractivity contribution >= 4 is 16.8 Å². The summed E-state index contributed by atoms with van der Waals surface area (Å²) < 4.78 is 14.9. The average molecular weight is 389 g/mol. The lowest BCUT2D eigenvalue weighted by Crippen LogP contribution is -2.28. The van der Waals surface area contributed by atoms with Crippen molar-refractivity contribution in [3.05, 3.63) is 84.3 Å². The molecule has 1 aromatic carbocycles. The van der Waals surface area contributed by atoms with Crippen molar-refractivity contribution in [1.29, 1.82) is 0 Å². The van der Waals surface area contributed by atoms with Crippen LogP contribution in [0.3, 0.4) is 0 Å². The van der Waals surface area contributed by atoms with Crippen LogP contribution in [0.5, 0.6) is 0 Å². The molecule has 3 heterocycles. The lowest BCUT2D eigenvalue weighted by molar-refractivity contribution is 0.0935. The number of pyridine rings is 2. The van der Waals surface area contributed by atoms with Gasteiger partial charge in [-0.05, 0) is 42.3 Å². The molecular weight excluding hydrogens is 369 g/mol. The molecule has 0 aliphatic carbocycles. The molecule has 0 aliphatic heterocycles. The summed E-state index contributed by atoms with van der Waals surface area (Å²) in [6.45, 7) is 2.07. The van der Waals surface area contributed by atoms with Crippen molar-refractivity contribution in [2.45, 2.75) is 25.8 Å². The molecule has 0 spiro atoms. The Morgan fingerprint density at radius 2 is 1.93 bits per heavy atom. The molecule has 1 amide bonds. The predicted octanol–water partition coefficient (Wildman–Crippen LogP) is 4.23. The van der Waals surface area contributed by atoms with Crippen LogP contribution in [0.4, 0.5) is 4.39 Å². The molecule has 146 valence electrons. The van der Waals surface area contributed by atoms with Gasteiger partial charge in [0.25, 0.3) is 5.91 Å². The smallest absolute Gasteiger partial charge is 0.254 e. The fraction of sp³-hybridized carbons (Fsp3) is 0.182. The maximum Gasteiger partial charge on any atom is 0.254 e. The summed E-state index contributed by atoms with van der Waals surface area (Å²) in [7, 11) is 0. The Balaban J connectivity index is 1.67. The van der Waals surface area contributed by atoms with Gasteiger partial charge in [-0.1, -0.05) is 19.4 Å². The zero-order valence-corrected chi connectivity index (χ0v) is 15.9. The van der Waals surface area contributed by atoms with Crippen molar-refractivity contribution in [2.24, 2.45) is 0 Å². The fourth-order valence-electron chi connectivity index (χ4n) is 3.34. The van der Waals surface area contributed by atoms with E-state index in [9.17, 15) is 9.18 Å². The zero-order chi connectivity index (χ0) is 20.2. The van der Waals surface area contributed by atoms with E-state index < -0.39 is 0 Å². The molecule has 0 saturated carbocycles. The summed E-state index contributed by atoms with van der Waals surface area (Å²) in [6.07, 6.45) is 10.0. The Kier molecular flexibility index (Phi) is 5.29. The van der Waals surface area contributed by atoms with Crippen molar-refractivity contribution in [3.63, 3.8) is 0 Å². The van der Waals surface area contributed by atoms with Crippen molar-refractivity contribution < 1.29 is 9.18 Å². The first-order valence-electron chi connectivity index (χ1n) is 9.46. The largest absolute Gasteiger partial charge is 0.345 e. The Labute approximate surface area is 167 Å². The van der Waals surface area contributed by atoms with Crippen LogP contribution in [0.2, 0.25) is 0 Å². The standard InChI is InChI=1S/C22H20FN5O/c1-2-4-20(15-5-3-10-24-11-15)27-22(29)19-12-25-14-21-18(19)13-26-28(21)17-8-6-16(23)7-9-17/h3,5-14,20H,2,4H2,1H3,(H,27,29)/t20-/m0/s1. The van der Waals surface area contributed by atoms with E-state index >= 15 is 0 Å². The van der Waals surface area contributed by atoms with Crippen LogP contribution in [0, 0.1) is 5.82 Å². The number of aromatic nitrogens is 4. The minimum atomic E-state index is -0.319. The number of carbonyl (C=O) groups excluding carboxylic acids is 1. The number of halogens is 1. The molecule has 0 aliphatic rings. The fourth-order valence-corrected chi connectivity index (χ4v) is 3.34. The van der Waals surface area contributed by atoms with Crippen LogP contribution in [0.1, 0.15) is 41.7 Å². The number of carbonyl (C=O) groups is 1. The number of amides is 1. The molecule has 3 aromatic heterocycles. The van der Waals surface area contributed by atoms with Crippen LogP contribution in [-0.4, -0.2) is 25.7 Å². The van der Waals surface area contributed by atoms with Gasteiger partial charge in [-0.3, -0.25) is 14.8 Å². The quantitative estimate of drug-likeness (QED) is 0.536. The van der Waals surface area contributed by atoms with Crippen LogP contribution in [-0.2, 0) is 0 Å². The first-order valence-corrected chi connectivity index (χ1v) is 9.46. The monoisotopic (exact) mass is 389 g/mol. The molecule has 4 aromatic rings. The second-order valence-electron chi connectivity index (χ2n) is 6.75. The lowest BCUT2D eigenvalue weighted by atomic mass is 10.0. The third-order valence-corrected chi connectivity index (χ3v) is 4.78. The van der Waals surface area contributed by atoms with E-state index in [4.69, 9.17) is 0 Å².